The van der Waals surface area contributed by atoms with Crippen LogP contribution in [0.1, 0.15) is 6.23 Å². The Morgan fingerprint density at radius 2 is 2.11 bits per heavy atom. The maximum Gasteiger partial charge on any atom is 0.164 e. The van der Waals surface area contributed by atoms with Gasteiger partial charge in [0.05, 0.1) is 18.5 Å². The van der Waals surface area contributed by atoms with Crippen LogP contribution in [0.15, 0.2) is 18.6 Å². The number of pyridine rings is 1. The number of hydrogen-bond acceptors (Lipinski definition) is 6. The zero-order valence-electron chi connectivity index (χ0n) is 9.72. The first-order chi connectivity index (χ1) is 9.13. The van der Waals surface area contributed by atoms with Crippen molar-refractivity contribution in [2.24, 2.45) is 0 Å². The summed E-state index contributed by atoms with van der Waals surface area (Å²) in [4.78, 5) is 8.09. The summed E-state index contributed by atoms with van der Waals surface area (Å²) in [6.07, 6.45) is -1.06. The van der Waals surface area contributed by atoms with Crippen LogP contribution in [-0.2, 0) is 4.74 Å². The van der Waals surface area contributed by atoms with Crippen LogP contribution >= 0.6 is 11.6 Å². The number of aliphatic hydroxyl groups excluding tert-OH is 3. The molecule has 0 radical (unpaired) electrons. The van der Waals surface area contributed by atoms with Crippen molar-refractivity contribution in [2.75, 3.05) is 6.61 Å². The molecule has 0 aliphatic carbocycles. The van der Waals surface area contributed by atoms with Crippen LogP contribution in [0.5, 0.6) is 0 Å². The second-order valence-corrected chi connectivity index (χ2v) is 4.71. The van der Waals surface area contributed by atoms with E-state index in [4.69, 9.17) is 21.4 Å². The first kappa shape index (κ1) is 12.8. The summed E-state index contributed by atoms with van der Waals surface area (Å²) in [6, 6.07) is 1.68. The second kappa shape index (κ2) is 4.69. The number of ether oxygens (including phenoxy) is 1. The van der Waals surface area contributed by atoms with Gasteiger partial charge in [0.1, 0.15) is 23.8 Å². The molecule has 0 amide bonds. The SMILES string of the molecule is OC[C@H]1O[C@@H](n2cnc3ccnc(Cl)c32)[C@H](O)[C@@H]1O. The number of rotatable bonds is 2. The van der Waals surface area contributed by atoms with E-state index < -0.39 is 24.5 Å². The molecule has 8 heteroatoms. The molecule has 7 nitrogen and oxygen atoms in total. The van der Waals surface area contributed by atoms with Gasteiger partial charge < -0.3 is 20.1 Å². The van der Waals surface area contributed by atoms with Gasteiger partial charge in [0.15, 0.2) is 11.4 Å². The van der Waals surface area contributed by atoms with E-state index in [-0.39, 0.29) is 11.8 Å². The molecule has 102 valence electrons. The third kappa shape index (κ3) is 1.90. The lowest BCUT2D eigenvalue weighted by Crippen LogP contribution is -2.33. The number of imidazole rings is 1. The summed E-state index contributed by atoms with van der Waals surface area (Å²) >= 11 is 6.02. The first-order valence-corrected chi connectivity index (χ1v) is 6.10. The van der Waals surface area contributed by atoms with Gasteiger partial charge in [0, 0.05) is 6.20 Å². The van der Waals surface area contributed by atoms with Crippen molar-refractivity contribution in [3.05, 3.63) is 23.7 Å². The van der Waals surface area contributed by atoms with Gasteiger partial charge in [0.25, 0.3) is 0 Å². The Balaban J connectivity index is 2.06. The molecule has 0 spiro atoms. The van der Waals surface area contributed by atoms with Crippen LogP contribution in [0.4, 0.5) is 0 Å². The minimum atomic E-state index is -1.18. The normalized spacial score (nSPS) is 31.2. The van der Waals surface area contributed by atoms with Gasteiger partial charge in [-0.25, -0.2) is 9.97 Å². The topological polar surface area (TPSA) is 101 Å². The smallest absolute Gasteiger partial charge is 0.164 e. The van der Waals surface area contributed by atoms with Gasteiger partial charge in [-0.1, -0.05) is 11.6 Å². The van der Waals surface area contributed by atoms with E-state index in [1.54, 1.807) is 6.07 Å². The van der Waals surface area contributed by atoms with Crippen molar-refractivity contribution in [1.29, 1.82) is 0 Å². The van der Waals surface area contributed by atoms with E-state index in [9.17, 15) is 10.2 Å². The van der Waals surface area contributed by atoms with Gasteiger partial charge in [-0.05, 0) is 6.07 Å². The Morgan fingerprint density at radius 1 is 1.32 bits per heavy atom. The number of hydrogen-bond donors (Lipinski definition) is 3. The predicted octanol–water partition coefficient (Wildman–Crippen LogP) is -0.304. The predicted molar refractivity (Wildman–Crippen MR) is 65.5 cm³/mol. The zero-order chi connectivity index (χ0) is 13.6. The van der Waals surface area contributed by atoms with Crippen molar-refractivity contribution in [3.8, 4) is 0 Å². The lowest BCUT2D eigenvalue weighted by atomic mass is 10.1. The zero-order valence-corrected chi connectivity index (χ0v) is 10.5. The van der Waals surface area contributed by atoms with E-state index in [0.717, 1.165) is 0 Å². The fourth-order valence-electron chi connectivity index (χ4n) is 2.25. The number of aromatic nitrogens is 3. The summed E-state index contributed by atoms with van der Waals surface area (Å²) < 4.78 is 6.94. The molecule has 3 rings (SSSR count). The van der Waals surface area contributed by atoms with Crippen molar-refractivity contribution in [3.63, 3.8) is 0 Å². The summed E-state index contributed by atoms with van der Waals surface area (Å²) in [5.74, 6) is 0. The van der Waals surface area contributed by atoms with Crippen LogP contribution in [0, 0.1) is 0 Å². The van der Waals surface area contributed by atoms with Crippen LogP contribution in [0.3, 0.4) is 0 Å². The van der Waals surface area contributed by atoms with Gasteiger partial charge in [-0.2, -0.15) is 0 Å². The minimum Gasteiger partial charge on any atom is -0.394 e. The van der Waals surface area contributed by atoms with Gasteiger partial charge in [-0.15, -0.1) is 0 Å². The highest BCUT2D eigenvalue weighted by Crippen LogP contribution is 2.33. The fraction of sp³-hybridized carbons (Fsp3) is 0.455. The lowest BCUT2D eigenvalue weighted by Gasteiger charge is -2.17. The molecule has 4 atom stereocenters. The van der Waals surface area contributed by atoms with Crippen molar-refractivity contribution >= 4 is 22.6 Å². The summed E-state index contributed by atoms with van der Waals surface area (Å²) in [5, 5.41) is 29.0. The molecule has 1 aliphatic rings. The van der Waals surface area contributed by atoms with Crippen molar-refractivity contribution in [1.82, 2.24) is 14.5 Å². The molecule has 2 aromatic heterocycles. The molecule has 19 heavy (non-hydrogen) atoms. The van der Waals surface area contributed by atoms with E-state index in [2.05, 4.69) is 9.97 Å². The molecule has 0 aromatic carbocycles. The van der Waals surface area contributed by atoms with Gasteiger partial charge >= 0.3 is 0 Å². The quantitative estimate of drug-likeness (QED) is 0.655. The molecular weight excluding hydrogens is 274 g/mol. The molecular formula is C11H12ClN3O4. The van der Waals surface area contributed by atoms with Crippen molar-refractivity contribution < 1.29 is 20.1 Å². The van der Waals surface area contributed by atoms with E-state index >= 15 is 0 Å². The highest BCUT2D eigenvalue weighted by Gasteiger charge is 2.43. The average molecular weight is 286 g/mol. The monoisotopic (exact) mass is 285 g/mol. The average Bonchev–Trinajstić information content (AvgIpc) is 2.94. The summed E-state index contributed by atoms with van der Waals surface area (Å²) in [7, 11) is 0. The Bertz CT molecular complexity index is 605. The summed E-state index contributed by atoms with van der Waals surface area (Å²) in [6.45, 7) is -0.382. The first-order valence-electron chi connectivity index (χ1n) is 5.73. The molecule has 0 bridgehead atoms. The molecule has 0 saturated carbocycles. The largest absolute Gasteiger partial charge is 0.394 e. The fourth-order valence-corrected chi connectivity index (χ4v) is 2.50. The Labute approximate surface area is 113 Å². The highest BCUT2D eigenvalue weighted by atomic mass is 35.5. The van der Waals surface area contributed by atoms with Crippen LogP contribution in [0.2, 0.25) is 5.15 Å². The van der Waals surface area contributed by atoms with Gasteiger partial charge in [-0.3, -0.25) is 4.57 Å². The Hall–Kier alpha value is -1.25. The molecule has 3 heterocycles. The Kier molecular flexibility index (Phi) is 3.15. The Morgan fingerprint density at radius 3 is 2.79 bits per heavy atom. The van der Waals surface area contributed by atoms with Crippen LogP contribution < -0.4 is 0 Å². The second-order valence-electron chi connectivity index (χ2n) is 4.35. The van der Waals surface area contributed by atoms with E-state index in [1.807, 2.05) is 0 Å². The third-order valence-electron chi connectivity index (χ3n) is 3.23. The van der Waals surface area contributed by atoms with Crippen LogP contribution in [0.25, 0.3) is 11.0 Å². The molecule has 1 saturated heterocycles. The van der Waals surface area contributed by atoms with Gasteiger partial charge in [0.2, 0.25) is 0 Å². The summed E-state index contributed by atoms with van der Waals surface area (Å²) in [5.41, 5.74) is 1.12. The van der Waals surface area contributed by atoms with Crippen LogP contribution in [-0.4, -0.2) is 54.8 Å². The number of nitrogens with zero attached hydrogens (tertiary/aromatic N) is 3. The molecule has 1 aliphatic heterocycles. The molecule has 1 fully saturated rings. The van der Waals surface area contributed by atoms with E-state index in [0.29, 0.717) is 11.0 Å². The van der Waals surface area contributed by atoms with E-state index in [1.165, 1.54) is 17.1 Å². The lowest BCUT2D eigenvalue weighted by molar-refractivity contribution is -0.0508. The maximum atomic E-state index is 9.98. The minimum absolute atomic E-state index is 0.229. The third-order valence-corrected chi connectivity index (χ3v) is 3.51. The number of aliphatic hydroxyl groups is 3. The molecule has 3 N–H and O–H groups in total. The molecule has 2 aromatic rings. The molecule has 0 unspecified atom stereocenters. The van der Waals surface area contributed by atoms with Crippen molar-refractivity contribution in [2.45, 2.75) is 24.5 Å². The standard InChI is InChI=1S/C11H12ClN3O4/c12-10-7-5(1-2-13-10)14-4-15(7)11-9(18)8(17)6(3-16)19-11/h1-2,4,6,8-9,11,16-18H,3H2/t6-,8-,9-,11-/m1/s1. The number of fused-ring (bicyclic) bond motifs is 1. The maximum absolute atomic E-state index is 9.98. The highest BCUT2D eigenvalue weighted by molar-refractivity contribution is 6.33. The number of halogens is 1.